The number of hydrogen-bond acceptors (Lipinski definition) is 2. The Hall–Kier alpha value is -0.370. The maximum Gasteiger partial charge on any atom is 0.169 e. The molecule has 0 aromatic heterocycles. The number of carbonyl (C=O) groups is 1. The highest BCUT2D eigenvalue weighted by atomic mass is 16.6. The highest BCUT2D eigenvalue weighted by molar-refractivity contribution is 5.91. The molecule has 2 atom stereocenters. The van der Waals surface area contributed by atoms with Gasteiger partial charge in [0.05, 0.1) is 6.61 Å². The zero-order valence-electron chi connectivity index (χ0n) is 9.21. The second kappa shape index (κ2) is 3.65. The van der Waals surface area contributed by atoms with Crippen LogP contribution in [0.15, 0.2) is 0 Å². The van der Waals surface area contributed by atoms with E-state index in [0.717, 1.165) is 12.3 Å². The van der Waals surface area contributed by atoms with Crippen molar-refractivity contribution in [2.45, 2.75) is 51.6 Å². The van der Waals surface area contributed by atoms with Gasteiger partial charge in [-0.25, -0.2) is 0 Å². The normalized spacial score (nSPS) is 34.4. The lowest BCUT2D eigenvalue weighted by Crippen LogP contribution is -2.28. The predicted octanol–water partition coefficient (Wildman–Crippen LogP) is 2.56. The summed E-state index contributed by atoms with van der Waals surface area (Å²) in [7, 11) is 0. The Kier molecular flexibility index (Phi) is 2.65. The summed E-state index contributed by atoms with van der Waals surface area (Å²) in [5, 5.41) is 0. The van der Waals surface area contributed by atoms with Gasteiger partial charge in [0.25, 0.3) is 0 Å². The smallest absolute Gasteiger partial charge is 0.169 e. The molecule has 2 rings (SSSR count). The Balaban J connectivity index is 1.82. The molecule has 1 saturated heterocycles. The standard InChI is InChI=1S/C12H20O2/c1-9(7-10-5-3-4-6-10)11(13)12(2)8-14-12/h9-10H,3-8H2,1-2H3. The first kappa shape index (κ1) is 10.2. The molecule has 2 nitrogen and oxygen atoms in total. The van der Waals surface area contributed by atoms with Crippen LogP contribution in [0.25, 0.3) is 0 Å². The summed E-state index contributed by atoms with van der Waals surface area (Å²) in [5.41, 5.74) is -0.405. The first-order valence-electron chi connectivity index (χ1n) is 5.80. The van der Waals surface area contributed by atoms with Crippen molar-refractivity contribution in [1.29, 1.82) is 0 Å². The number of ether oxygens (including phenoxy) is 1. The summed E-state index contributed by atoms with van der Waals surface area (Å²) in [6.07, 6.45) is 6.46. The number of rotatable bonds is 4. The average Bonchev–Trinajstić information content (AvgIpc) is 2.71. The van der Waals surface area contributed by atoms with Crippen molar-refractivity contribution in [1.82, 2.24) is 0 Å². The van der Waals surface area contributed by atoms with E-state index in [9.17, 15) is 4.79 Å². The Labute approximate surface area is 86.0 Å². The number of hydrogen-bond donors (Lipinski definition) is 0. The van der Waals surface area contributed by atoms with E-state index < -0.39 is 5.60 Å². The topological polar surface area (TPSA) is 29.6 Å². The second-order valence-electron chi connectivity index (χ2n) is 5.17. The third kappa shape index (κ3) is 2.00. The Morgan fingerprint density at radius 1 is 1.50 bits per heavy atom. The lowest BCUT2D eigenvalue weighted by molar-refractivity contribution is -0.127. The average molecular weight is 196 g/mol. The van der Waals surface area contributed by atoms with Crippen LogP contribution in [0.1, 0.15) is 46.0 Å². The molecule has 0 aromatic carbocycles. The largest absolute Gasteiger partial charge is 0.362 e. The Bertz CT molecular complexity index is 224. The van der Waals surface area contributed by atoms with Gasteiger partial charge in [0, 0.05) is 5.92 Å². The van der Waals surface area contributed by atoms with E-state index in [0.29, 0.717) is 12.4 Å². The van der Waals surface area contributed by atoms with E-state index in [1.807, 2.05) is 6.92 Å². The summed E-state index contributed by atoms with van der Waals surface area (Å²) >= 11 is 0. The Morgan fingerprint density at radius 2 is 2.07 bits per heavy atom. The molecule has 0 radical (unpaired) electrons. The zero-order valence-corrected chi connectivity index (χ0v) is 9.21. The van der Waals surface area contributed by atoms with Gasteiger partial charge in [0.15, 0.2) is 5.78 Å². The van der Waals surface area contributed by atoms with E-state index >= 15 is 0 Å². The van der Waals surface area contributed by atoms with Crippen molar-refractivity contribution in [3.63, 3.8) is 0 Å². The van der Waals surface area contributed by atoms with E-state index in [1.165, 1.54) is 25.7 Å². The van der Waals surface area contributed by atoms with Gasteiger partial charge in [-0.3, -0.25) is 4.79 Å². The molecule has 2 aliphatic rings. The van der Waals surface area contributed by atoms with Crippen LogP contribution >= 0.6 is 0 Å². The minimum atomic E-state index is -0.405. The summed E-state index contributed by atoms with van der Waals surface area (Å²) in [6, 6.07) is 0. The molecule has 0 amide bonds. The fraction of sp³-hybridized carbons (Fsp3) is 0.917. The first-order valence-corrected chi connectivity index (χ1v) is 5.80. The SMILES string of the molecule is CC(CC1CCCC1)C(=O)C1(C)CO1. The third-order valence-electron chi connectivity index (χ3n) is 3.71. The van der Waals surface area contributed by atoms with Gasteiger partial charge in [-0.05, 0) is 19.3 Å². The van der Waals surface area contributed by atoms with Crippen molar-refractivity contribution < 1.29 is 9.53 Å². The molecule has 1 saturated carbocycles. The van der Waals surface area contributed by atoms with Crippen LogP contribution in [-0.2, 0) is 9.53 Å². The summed E-state index contributed by atoms with van der Waals surface area (Å²) in [5.74, 6) is 1.33. The van der Waals surface area contributed by atoms with Gasteiger partial charge in [0.1, 0.15) is 5.60 Å². The summed E-state index contributed by atoms with van der Waals surface area (Å²) < 4.78 is 5.19. The molecule has 1 aliphatic carbocycles. The third-order valence-corrected chi connectivity index (χ3v) is 3.71. The number of carbonyl (C=O) groups excluding carboxylic acids is 1. The molecule has 0 N–H and O–H groups in total. The van der Waals surface area contributed by atoms with Crippen LogP contribution in [0, 0.1) is 11.8 Å². The van der Waals surface area contributed by atoms with Gasteiger partial charge in [0.2, 0.25) is 0 Å². The molecular weight excluding hydrogens is 176 g/mol. The van der Waals surface area contributed by atoms with Crippen molar-refractivity contribution in [2.24, 2.45) is 11.8 Å². The second-order valence-corrected chi connectivity index (χ2v) is 5.17. The molecule has 1 aliphatic heterocycles. The van der Waals surface area contributed by atoms with Gasteiger partial charge in [-0.1, -0.05) is 32.6 Å². The van der Waals surface area contributed by atoms with Crippen LogP contribution in [0.2, 0.25) is 0 Å². The van der Waals surface area contributed by atoms with Gasteiger partial charge < -0.3 is 4.74 Å². The maximum absolute atomic E-state index is 11.9. The van der Waals surface area contributed by atoms with Crippen LogP contribution < -0.4 is 0 Å². The molecule has 1 heterocycles. The number of epoxide rings is 1. The predicted molar refractivity (Wildman–Crippen MR) is 55.1 cm³/mol. The van der Waals surface area contributed by atoms with Gasteiger partial charge in [-0.15, -0.1) is 0 Å². The molecule has 14 heavy (non-hydrogen) atoms. The number of Topliss-reactive ketones (excluding diaryl/α,β-unsaturated/α-hetero) is 1. The molecule has 0 bridgehead atoms. The molecule has 0 spiro atoms. The van der Waals surface area contributed by atoms with Gasteiger partial charge in [-0.2, -0.15) is 0 Å². The molecule has 0 aromatic rings. The van der Waals surface area contributed by atoms with Crippen molar-refractivity contribution in [2.75, 3.05) is 6.61 Å². The monoisotopic (exact) mass is 196 g/mol. The summed E-state index contributed by atoms with van der Waals surface area (Å²) in [4.78, 5) is 11.9. The molecule has 2 heteroatoms. The minimum Gasteiger partial charge on any atom is -0.362 e. The quantitative estimate of drug-likeness (QED) is 0.647. The first-order chi connectivity index (χ1) is 6.62. The fourth-order valence-electron chi connectivity index (χ4n) is 2.62. The highest BCUT2D eigenvalue weighted by Gasteiger charge is 2.48. The molecule has 2 unspecified atom stereocenters. The van der Waals surface area contributed by atoms with Crippen molar-refractivity contribution >= 4 is 5.78 Å². The van der Waals surface area contributed by atoms with Crippen LogP contribution in [0.3, 0.4) is 0 Å². The molecular formula is C12H20O2. The minimum absolute atomic E-state index is 0.200. The maximum atomic E-state index is 11.9. The fourth-order valence-corrected chi connectivity index (χ4v) is 2.62. The van der Waals surface area contributed by atoms with E-state index in [2.05, 4.69) is 6.92 Å². The lowest BCUT2D eigenvalue weighted by atomic mass is 9.87. The van der Waals surface area contributed by atoms with Crippen molar-refractivity contribution in [3.8, 4) is 0 Å². The zero-order chi connectivity index (χ0) is 10.2. The van der Waals surface area contributed by atoms with Crippen LogP contribution in [-0.4, -0.2) is 18.0 Å². The van der Waals surface area contributed by atoms with E-state index in [1.54, 1.807) is 0 Å². The van der Waals surface area contributed by atoms with E-state index in [-0.39, 0.29) is 5.92 Å². The Morgan fingerprint density at radius 3 is 2.57 bits per heavy atom. The van der Waals surface area contributed by atoms with Crippen LogP contribution in [0.5, 0.6) is 0 Å². The lowest BCUT2D eigenvalue weighted by Gasteiger charge is -2.16. The summed E-state index contributed by atoms with van der Waals surface area (Å²) in [6.45, 7) is 4.62. The van der Waals surface area contributed by atoms with Crippen molar-refractivity contribution in [3.05, 3.63) is 0 Å². The highest BCUT2D eigenvalue weighted by Crippen LogP contribution is 2.35. The van der Waals surface area contributed by atoms with Gasteiger partial charge >= 0.3 is 0 Å². The van der Waals surface area contributed by atoms with Crippen LogP contribution in [0.4, 0.5) is 0 Å². The molecule has 2 fully saturated rings. The molecule has 80 valence electrons. The number of ketones is 1. The van der Waals surface area contributed by atoms with E-state index in [4.69, 9.17) is 4.74 Å².